The van der Waals surface area contributed by atoms with Crippen LogP contribution in [0.5, 0.6) is 0 Å². The molecule has 0 aliphatic rings. The SMILES string of the molecule is CC(C)(C)c1n[nH]c(=S)n1/N=C\c1cccc(Cl)c1Cl. The summed E-state index contributed by atoms with van der Waals surface area (Å²) in [5.74, 6) is 0.747. The fourth-order valence-corrected chi connectivity index (χ4v) is 2.16. The van der Waals surface area contributed by atoms with E-state index in [0.29, 0.717) is 14.8 Å². The normalized spacial score (nSPS) is 12.2. The van der Waals surface area contributed by atoms with E-state index in [1.165, 1.54) is 0 Å². The quantitative estimate of drug-likeness (QED) is 0.654. The van der Waals surface area contributed by atoms with Gasteiger partial charge in [-0.15, -0.1) is 0 Å². The number of hydrogen-bond donors (Lipinski definition) is 1. The largest absolute Gasteiger partial charge is 0.250 e. The zero-order valence-electron chi connectivity index (χ0n) is 11.3. The Morgan fingerprint density at radius 1 is 1.35 bits per heavy atom. The fourth-order valence-electron chi connectivity index (χ4n) is 1.62. The van der Waals surface area contributed by atoms with Crippen LogP contribution in [0.1, 0.15) is 32.2 Å². The monoisotopic (exact) mass is 328 g/mol. The first-order chi connectivity index (χ1) is 9.30. The Labute approximate surface area is 132 Å². The van der Waals surface area contributed by atoms with E-state index < -0.39 is 0 Å². The molecule has 0 spiro atoms. The summed E-state index contributed by atoms with van der Waals surface area (Å²) < 4.78 is 2.02. The Kier molecular flexibility index (Phi) is 4.32. The van der Waals surface area contributed by atoms with Gasteiger partial charge in [-0.1, -0.05) is 56.1 Å². The van der Waals surface area contributed by atoms with Gasteiger partial charge in [-0.2, -0.15) is 14.9 Å². The second-order valence-electron chi connectivity index (χ2n) is 5.30. The van der Waals surface area contributed by atoms with Crippen LogP contribution in [0.25, 0.3) is 0 Å². The maximum atomic E-state index is 6.12. The zero-order valence-corrected chi connectivity index (χ0v) is 13.6. The molecule has 4 nitrogen and oxygen atoms in total. The van der Waals surface area contributed by atoms with Crippen molar-refractivity contribution in [3.63, 3.8) is 0 Å². The van der Waals surface area contributed by atoms with Crippen LogP contribution in [-0.4, -0.2) is 21.1 Å². The molecule has 1 heterocycles. The number of nitrogens with zero attached hydrogens (tertiary/aromatic N) is 3. The van der Waals surface area contributed by atoms with Gasteiger partial charge in [0.05, 0.1) is 16.3 Å². The van der Waals surface area contributed by atoms with Crippen molar-refractivity contribution in [2.45, 2.75) is 26.2 Å². The van der Waals surface area contributed by atoms with Gasteiger partial charge in [0.15, 0.2) is 5.82 Å². The Balaban J connectivity index is 2.45. The van der Waals surface area contributed by atoms with E-state index in [1.54, 1.807) is 17.0 Å². The molecule has 0 fully saturated rings. The smallest absolute Gasteiger partial charge is 0.216 e. The molecule has 1 aromatic heterocycles. The number of halogens is 2. The maximum absolute atomic E-state index is 6.12. The molecule has 20 heavy (non-hydrogen) atoms. The highest BCUT2D eigenvalue weighted by Gasteiger charge is 2.21. The molecular weight excluding hydrogens is 315 g/mol. The summed E-state index contributed by atoms with van der Waals surface area (Å²) in [6.45, 7) is 6.11. The summed E-state index contributed by atoms with van der Waals surface area (Å²) in [7, 11) is 0. The number of aromatic amines is 1. The minimum Gasteiger partial charge on any atom is -0.250 e. The Morgan fingerprint density at radius 2 is 2.05 bits per heavy atom. The van der Waals surface area contributed by atoms with E-state index in [0.717, 1.165) is 11.4 Å². The molecule has 0 radical (unpaired) electrons. The van der Waals surface area contributed by atoms with Crippen molar-refractivity contribution in [3.05, 3.63) is 44.4 Å². The molecule has 0 bridgehead atoms. The Bertz CT molecular complexity index is 710. The van der Waals surface area contributed by atoms with Gasteiger partial charge in [0.25, 0.3) is 0 Å². The molecule has 0 atom stereocenters. The second-order valence-corrected chi connectivity index (χ2v) is 6.47. The first-order valence-electron chi connectivity index (χ1n) is 5.97. The van der Waals surface area contributed by atoms with Crippen molar-refractivity contribution >= 4 is 41.6 Å². The molecule has 0 aliphatic carbocycles. The van der Waals surface area contributed by atoms with Crippen LogP contribution in [0, 0.1) is 4.77 Å². The highest BCUT2D eigenvalue weighted by atomic mass is 35.5. The lowest BCUT2D eigenvalue weighted by Gasteiger charge is -2.15. The predicted octanol–water partition coefficient (Wildman–Crippen LogP) is 4.43. The third kappa shape index (κ3) is 3.11. The second kappa shape index (κ2) is 5.68. The lowest BCUT2D eigenvalue weighted by atomic mass is 9.96. The first-order valence-corrected chi connectivity index (χ1v) is 7.13. The molecule has 2 rings (SSSR count). The number of nitrogens with one attached hydrogen (secondary N) is 1. The van der Waals surface area contributed by atoms with Crippen LogP contribution >= 0.6 is 35.4 Å². The molecule has 2 aromatic rings. The summed E-state index contributed by atoms with van der Waals surface area (Å²) in [5, 5.41) is 12.3. The van der Waals surface area contributed by atoms with Crippen LogP contribution in [0.4, 0.5) is 0 Å². The van der Waals surface area contributed by atoms with Crippen LogP contribution in [0.3, 0.4) is 0 Å². The number of benzene rings is 1. The van der Waals surface area contributed by atoms with E-state index in [9.17, 15) is 0 Å². The van der Waals surface area contributed by atoms with Crippen molar-refractivity contribution in [1.82, 2.24) is 14.9 Å². The maximum Gasteiger partial charge on any atom is 0.216 e. The fraction of sp³-hybridized carbons (Fsp3) is 0.308. The Morgan fingerprint density at radius 3 is 2.70 bits per heavy atom. The van der Waals surface area contributed by atoms with Crippen molar-refractivity contribution in [1.29, 1.82) is 0 Å². The molecule has 1 N–H and O–H groups in total. The molecule has 106 valence electrons. The highest BCUT2D eigenvalue weighted by Crippen LogP contribution is 2.24. The lowest BCUT2D eigenvalue weighted by Crippen LogP contribution is -2.17. The van der Waals surface area contributed by atoms with Gasteiger partial charge in [0, 0.05) is 11.0 Å². The molecule has 0 aliphatic heterocycles. The van der Waals surface area contributed by atoms with E-state index >= 15 is 0 Å². The minimum atomic E-state index is -0.178. The number of rotatable bonds is 2. The zero-order chi connectivity index (χ0) is 14.9. The average molecular weight is 329 g/mol. The van der Waals surface area contributed by atoms with E-state index in [1.807, 2.05) is 32.9 Å². The van der Waals surface area contributed by atoms with Crippen molar-refractivity contribution in [2.75, 3.05) is 0 Å². The van der Waals surface area contributed by atoms with Gasteiger partial charge in [-0.25, -0.2) is 0 Å². The van der Waals surface area contributed by atoms with Gasteiger partial charge in [-0.05, 0) is 18.3 Å². The van der Waals surface area contributed by atoms with Crippen molar-refractivity contribution < 1.29 is 0 Å². The molecular formula is C13H14Cl2N4S. The molecule has 0 saturated heterocycles. The minimum absolute atomic E-state index is 0.178. The van der Waals surface area contributed by atoms with Gasteiger partial charge >= 0.3 is 0 Å². The summed E-state index contributed by atoms with van der Waals surface area (Å²) in [6.07, 6.45) is 1.62. The van der Waals surface area contributed by atoms with Crippen LogP contribution in [-0.2, 0) is 5.41 Å². The highest BCUT2D eigenvalue weighted by molar-refractivity contribution is 7.71. The van der Waals surface area contributed by atoms with Gasteiger partial charge < -0.3 is 0 Å². The van der Waals surface area contributed by atoms with E-state index in [2.05, 4.69) is 15.3 Å². The summed E-state index contributed by atoms with van der Waals surface area (Å²) >= 11 is 17.3. The molecule has 0 amide bonds. The summed E-state index contributed by atoms with van der Waals surface area (Å²) in [5.41, 5.74) is 0.547. The third-order valence-electron chi connectivity index (χ3n) is 2.62. The molecule has 1 aromatic carbocycles. The van der Waals surface area contributed by atoms with E-state index in [-0.39, 0.29) is 5.41 Å². The van der Waals surface area contributed by atoms with Crippen LogP contribution < -0.4 is 0 Å². The van der Waals surface area contributed by atoms with Gasteiger partial charge in [-0.3, -0.25) is 5.10 Å². The van der Waals surface area contributed by atoms with Gasteiger partial charge in [0.2, 0.25) is 4.77 Å². The predicted molar refractivity (Wildman–Crippen MR) is 85.6 cm³/mol. The summed E-state index contributed by atoms with van der Waals surface area (Å²) in [6, 6.07) is 5.37. The molecule has 0 unspecified atom stereocenters. The van der Waals surface area contributed by atoms with E-state index in [4.69, 9.17) is 35.4 Å². The van der Waals surface area contributed by atoms with Gasteiger partial charge in [0.1, 0.15) is 0 Å². The van der Waals surface area contributed by atoms with Crippen LogP contribution in [0.2, 0.25) is 10.0 Å². The number of hydrogen-bond acceptors (Lipinski definition) is 3. The standard InChI is InChI=1S/C13H14Cl2N4S/c1-13(2,3)11-17-18-12(20)19(11)16-7-8-5-4-6-9(14)10(8)15/h4-7H,1-3H3,(H,18,20)/b16-7-. The first kappa shape index (κ1) is 15.2. The van der Waals surface area contributed by atoms with Crippen LogP contribution in [0.15, 0.2) is 23.3 Å². The summed E-state index contributed by atoms with van der Waals surface area (Å²) in [4.78, 5) is 0. The number of aromatic nitrogens is 3. The lowest BCUT2D eigenvalue weighted by molar-refractivity contribution is 0.516. The third-order valence-corrected chi connectivity index (χ3v) is 3.71. The average Bonchev–Trinajstić information content (AvgIpc) is 2.72. The Hall–Kier alpha value is -1.17. The van der Waals surface area contributed by atoms with Crippen molar-refractivity contribution in [2.24, 2.45) is 5.10 Å². The topological polar surface area (TPSA) is 46.0 Å². The molecule has 0 saturated carbocycles. The molecule has 7 heteroatoms. The number of H-pyrrole nitrogens is 1. The van der Waals surface area contributed by atoms with Crippen molar-refractivity contribution in [3.8, 4) is 0 Å².